The first-order valence-corrected chi connectivity index (χ1v) is 13.2. The smallest absolute Gasteiger partial charge is 0.349 e. The van der Waals surface area contributed by atoms with Gasteiger partial charge < -0.3 is 19.5 Å². The Balaban J connectivity index is 1.35. The van der Waals surface area contributed by atoms with Crippen LogP contribution in [-0.4, -0.2) is 31.3 Å². The van der Waals surface area contributed by atoms with E-state index < -0.39 is 11.6 Å². The number of benzene rings is 4. The molecule has 0 spiro atoms. The van der Waals surface area contributed by atoms with E-state index in [-0.39, 0.29) is 18.1 Å². The monoisotopic (exact) mass is 509 g/mol. The Bertz CT molecular complexity index is 1420. The number of hydrogen-bond donors (Lipinski definition) is 1. The van der Waals surface area contributed by atoms with Crippen LogP contribution < -0.4 is 14.8 Å². The first kappa shape index (κ1) is 25.8. The molecule has 1 aliphatic heterocycles. The molecule has 0 fully saturated rings. The molecule has 1 aliphatic rings. The third-order valence-corrected chi connectivity index (χ3v) is 7.34. The highest BCUT2D eigenvalue weighted by atomic mass is 16.6. The lowest BCUT2D eigenvalue weighted by atomic mass is 9.84. The van der Waals surface area contributed by atoms with Crippen molar-refractivity contribution < 1.29 is 19.0 Å². The molecule has 0 saturated carbocycles. The Morgan fingerprint density at radius 2 is 1.74 bits per heavy atom. The zero-order valence-corrected chi connectivity index (χ0v) is 22.4. The lowest BCUT2D eigenvalue weighted by Crippen LogP contribution is -2.39. The molecule has 3 atom stereocenters. The van der Waals surface area contributed by atoms with Gasteiger partial charge in [-0.1, -0.05) is 72.8 Å². The molecule has 4 aromatic carbocycles. The van der Waals surface area contributed by atoms with Crippen LogP contribution in [0.2, 0.25) is 0 Å². The van der Waals surface area contributed by atoms with Crippen LogP contribution >= 0.6 is 0 Å². The molecule has 5 rings (SSSR count). The third kappa shape index (κ3) is 5.39. The van der Waals surface area contributed by atoms with Crippen LogP contribution in [0.5, 0.6) is 11.5 Å². The maximum atomic E-state index is 12.2. The zero-order chi connectivity index (χ0) is 26.7. The van der Waals surface area contributed by atoms with Gasteiger partial charge in [0.2, 0.25) is 0 Å². The number of hydrogen-bond acceptors (Lipinski definition) is 5. The first-order valence-electron chi connectivity index (χ1n) is 13.2. The van der Waals surface area contributed by atoms with E-state index in [2.05, 4.69) is 72.9 Å². The van der Waals surface area contributed by atoms with Crippen molar-refractivity contribution in [2.45, 2.75) is 50.9 Å². The summed E-state index contributed by atoms with van der Waals surface area (Å²) in [5.74, 6) is 1.28. The Hall–Kier alpha value is -3.83. The lowest BCUT2D eigenvalue weighted by molar-refractivity contribution is -0.156. The number of carbonyl (C=O) groups is 1. The van der Waals surface area contributed by atoms with E-state index in [1.807, 2.05) is 30.3 Å². The van der Waals surface area contributed by atoms with Crippen LogP contribution in [0.3, 0.4) is 0 Å². The van der Waals surface area contributed by atoms with Crippen molar-refractivity contribution in [3.05, 3.63) is 108 Å². The SMILES string of the molecule is COC(=O)C(C)(C)Oc1cccc(C2CC(CNC(C)c3cccc4ccccc34)Oc3ccccc32)c1. The Labute approximate surface area is 224 Å². The number of ether oxygens (including phenoxy) is 3. The zero-order valence-electron chi connectivity index (χ0n) is 22.4. The van der Waals surface area contributed by atoms with E-state index in [9.17, 15) is 4.79 Å². The molecule has 0 aromatic heterocycles. The molecule has 1 N–H and O–H groups in total. The van der Waals surface area contributed by atoms with Gasteiger partial charge in [-0.15, -0.1) is 0 Å². The molecule has 0 saturated heterocycles. The topological polar surface area (TPSA) is 56.8 Å². The highest BCUT2D eigenvalue weighted by Crippen LogP contribution is 2.41. The fourth-order valence-electron chi connectivity index (χ4n) is 5.36. The van der Waals surface area contributed by atoms with Crippen molar-refractivity contribution >= 4 is 16.7 Å². The van der Waals surface area contributed by atoms with Gasteiger partial charge in [-0.25, -0.2) is 4.79 Å². The van der Waals surface area contributed by atoms with Crippen LogP contribution in [0.15, 0.2) is 91.0 Å². The summed E-state index contributed by atoms with van der Waals surface area (Å²) in [6.07, 6.45) is 0.833. The van der Waals surface area contributed by atoms with E-state index in [1.54, 1.807) is 13.8 Å². The van der Waals surface area contributed by atoms with E-state index in [0.29, 0.717) is 5.75 Å². The summed E-state index contributed by atoms with van der Waals surface area (Å²) >= 11 is 0. The molecule has 5 nitrogen and oxygen atoms in total. The van der Waals surface area contributed by atoms with Gasteiger partial charge >= 0.3 is 5.97 Å². The molecule has 5 heteroatoms. The van der Waals surface area contributed by atoms with Crippen molar-refractivity contribution in [2.75, 3.05) is 13.7 Å². The second-order valence-corrected chi connectivity index (χ2v) is 10.4. The van der Waals surface area contributed by atoms with Crippen molar-refractivity contribution in [3.63, 3.8) is 0 Å². The standard InChI is InChI=1S/C33H35NO4/c1-22(27-17-10-12-23-11-5-6-15-28(23)27)34-21-26-20-30(29-16-7-8-18-31(29)37-26)24-13-9-14-25(19-24)38-33(2,3)32(35)36-4/h5-19,22,26,30,34H,20-21H2,1-4H3. The summed E-state index contributed by atoms with van der Waals surface area (Å²) in [7, 11) is 1.37. The largest absolute Gasteiger partial charge is 0.489 e. The fraction of sp³-hybridized carbons (Fsp3) is 0.303. The normalized spacial score (nSPS) is 17.8. The minimum Gasteiger partial charge on any atom is -0.489 e. The molecule has 4 aromatic rings. The van der Waals surface area contributed by atoms with Gasteiger partial charge in [0.15, 0.2) is 5.60 Å². The third-order valence-electron chi connectivity index (χ3n) is 7.34. The summed E-state index contributed by atoms with van der Waals surface area (Å²) in [5.41, 5.74) is 2.50. The van der Waals surface area contributed by atoms with Crippen LogP contribution in [0.25, 0.3) is 10.8 Å². The number of esters is 1. The predicted octanol–water partition coefficient (Wildman–Crippen LogP) is 6.80. The number of para-hydroxylation sites is 1. The molecule has 196 valence electrons. The van der Waals surface area contributed by atoms with Crippen LogP contribution in [-0.2, 0) is 9.53 Å². The van der Waals surface area contributed by atoms with Crippen LogP contribution in [0.1, 0.15) is 55.8 Å². The van der Waals surface area contributed by atoms with Gasteiger partial charge in [0.05, 0.1) is 7.11 Å². The average Bonchev–Trinajstić information content (AvgIpc) is 2.94. The second-order valence-electron chi connectivity index (χ2n) is 10.4. The molecule has 1 heterocycles. The maximum absolute atomic E-state index is 12.2. The first-order chi connectivity index (χ1) is 18.4. The summed E-state index contributed by atoms with van der Waals surface area (Å²) in [6, 6.07) is 31.4. The summed E-state index contributed by atoms with van der Waals surface area (Å²) in [4.78, 5) is 12.2. The van der Waals surface area contributed by atoms with Crippen molar-refractivity contribution in [3.8, 4) is 11.5 Å². The Kier molecular flexibility index (Phi) is 7.39. The molecule has 0 amide bonds. The number of fused-ring (bicyclic) bond motifs is 2. The van der Waals surface area contributed by atoms with Gasteiger partial charge in [0.1, 0.15) is 17.6 Å². The van der Waals surface area contributed by atoms with Gasteiger partial charge in [0, 0.05) is 24.1 Å². The van der Waals surface area contributed by atoms with Gasteiger partial charge in [-0.2, -0.15) is 0 Å². The van der Waals surface area contributed by atoms with Gasteiger partial charge in [0.25, 0.3) is 0 Å². The van der Waals surface area contributed by atoms with Crippen LogP contribution in [0.4, 0.5) is 0 Å². The highest BCUT2D eigenvalue weighted by Gasteiger charge is 2.33. The van der Waals surface area contributed by atoms with Gasteiger partial charge in [-0.3, -0.25) is 0 Å². The van der Waals surface area contributed by atoms with Crippen molar-refractivity contribution in [1.82, 2.24) is 5.32 Å². The number of carbonyl (C=O) groups excluding carboxylic acids is 1. The minimum absolute atomic E-state index is 0.00316. The number of rotatable bonds is 8. The van der Waals surface area contributed by atoms with E-state index >= 15 is 0 Å². The molecular weight excluding hydrogens is 474 g/mol. The Morgan fingerprint density at radius 3 is 2.58 bits per heavy atom. The molecule has 0 aliphatic carbocycles. The summed E-state index contributed by atoms with van der Waals surface area (Å²) < 4.78 is 17.4. The molecule has 0 bridgehead atoms. The summed E-state index contributed by atoms with van der Waals surface area (Å²) in [6.45, 7) is 6.36. The van der Waals surface area contributed by atoms with Crippen molar-refractivity contribution in [1.29, 1.82) is 0 Å². The lowest BCUT2D eigenvalue weighted by Gasteiger charge is -2.34. The molecule has 38 heavy (non-hydrogen) atoms. The highest BCUT2D eigenvalue weighted by molar-refractivity contribution is 5.86. The summed E-state index contributed by atoms with van der Waals surface area (Å²) in [5, 5.41) is 6.25. The van der Waals surface area contributed by atoms with Crippen LogP contribution in [0, 0.1) is 0 Å². The quantitative estimate of drug-likeness (QED) is 0.265. The molecule has 0 radical (unpaired) electrons. The number of methoxy groups -OCH3 is 1. The molecular formula is C33H35NO4. The predicted molar refractivity (Wildman–Crippen MR) is 151 cm³/mol. The average molecular weight is 510 g/mol. The maximum Gasteiger partial charge on any atom is 0.349 e. The fourth-order valence-corrected chi connectivity index (χ4v) is 5.36. The minimum atomic E-state index is -1.08. The van der Waals surface area contributed by atoms with E-state index in [4.69, 9.17) is 14.2 Å². The van der Waals surface area contributed by atoms with Crippen molar-refractivity contribution in [2.24, 2.45) is 0 Å². The number of nitrogens with one attached hydrogen (secondary N) is 1. The Morgan fingerprint density at radius 1 is 1.00 bits per heavy atom. The van der Waals surface area contributed by atoms with Gasteiger partial charge in [-0.05, 0) is 67.3 Å². The van der Waals surface area contributed by atoms with E-state index in [1.165, 1.54) is 23.4 Å². The second kappa shape index (κ2) is 10.9. The van der Waals surface area contributed by atoms with E-state index in [0.717, 1.165) is 29.8 Å². The molecule has 3 unspecified atom stereocenters.